The van der Waals surface area contributed by atoms with Crippen molar-refractivity contribution in [1.82, 2.24) is 4.98 Å². The van der Waals surface area contributed by atoms with Crippen LogP contribution in [0.1, 0.15) is 42.9 Å². The van der Waals surface area contributed by atoms with Crippen LogP contribution < -0.4 is 0 Å². The normalized spacial score (nSPS) is 21.9. The number of aliphatic hydroxyl groups excluding tert-OH is 1. The van der Waals surface area contributed by atoms with Crippen molar-refractivity contribution in [3.8, 4) is 11.1 Å². The Bertz CT molecular complexity index is 1140. The second-order valence-corrected chi connectivity index (χ2v) is 8.07. The van der Waals surface area contributed by atoms with Crippen LogP contribution in [0.4, 0.5) is 4.39 Å². The standard InChI is InChI=1S/C25H22FNO3/c26-17-9-7-15(8-10-17)24-20-3-1-2-4-22(20)27-25(16-5-6-16)21(24)12-11-19-13-18(28)14-23(29)30-19/h1-4,7-12,16,18-19,28H,5-6,13-14H2/t18-,19-/m0/s1. The van der Waals surface area contributed by atoms with Crippen molar-refractivity contribution in [1.29, 1.82) is 0 Å². The fourth-order valence-corrected chi connectivity index (χ4v) is 4.14. The minimum absolute atomic E-state index is 0.0377. The molecule has 1 aliphatic carbocycles. The summed E-state index contributed by atoms with van der Waals surface area (Å²) in [5.74, 6) is -0.270. The minimum Gasteiger partial charge on any atom is -0.458 e. The van der Waals surface area contributed by atoms with Gasteiger partial charge in [-0.15, -0.1) is 0 Å². The maximum absolute atomic E-state index is 13.6. The fourth-order valence-electron chi connectivity index (χ4n) is 4.14. The molecule has 5 rings (SSSR count). The average Bonchev–Trinajstić information content (AvgIpc) is 3.57. The number of hydrogen-bond acceptors (Lipinski definition) is 4. The molecule has 1 aromatic heterocycles. The van der Waals surface area contributed by atoms with E-state index in [9.17, 15) is 14.3 Å². The molecule has 1 aliphatic heterocycles. The first-order valence-corrected chi connectivity index (χ1v) is 10.3. The largest absolute Gasteiger partial charge is 0.458 e. The maximum Gasteiger partial charge on any atom is 0.309 e. The van der Waals surface area contributed by atoms with Crippen LogP contribution in [0.5, 0.6) is 0 Å². The number of nitrogens with zero attached hydrogens (tertiary/aromatic N) is 1. The van der Waals surface area contributed by atoms with E-state index in [1.165, 1.54) is 12.1 Å². The molecule has 152 valence electrons. The smallest absolute Gasteiger partial charge is 0.309 e. The van der Waals surface area contributed by atoms with Crippen LogP contribution >= 0.6 is 0 Å². The van der Waals surface area contributed by atoms with Gasteiger partial charge in [0.25, 0.3) is 0 Å². The monoisotopic (exact) mass is 403 g/mol. The molecule has 0 radical (unpaired) electrons. The van der Waals surface area contributed by atoms with Crippen molar-refractivity contribution < 1.29 is 19.0 Å². The van der Waals surface area contributed by atoms with Gasteiger partial charge in [-0.1, -0.05) is 36.4 Å². The number of rotatable bonds is 4. The molecule has 2 fully saturated rings. The van der Waals surface area contributed by atoms with Gasteiger partial charge in [0, 0.05) is 28.9 Å². The molecule has 3 aromatic rings. The number of pyridine rings is 1. The van der Waals surface area contributed by atoms with Gasteiger partial charge >= 0.3 is 5.97 Å². The lowest BCUT2D eigenvalue weighted by Crippen LogP contribution is -2.31. The molecule has 2 heterocycles. The number of hydrogen-bond donors (Lipinski definition) is 1. The molecule has 0 spiro atoms. The van der Waals surface area contributed by atoms with Gasteiger partial charge in [-0.25, -0.2) is 4.39 Å². The molecule has 1 saturated carbocycles. The first kappa shape index (κ1) is 18.9. The van der Waals surface area contributed by atoms with Crippen molar-refractivity contribution in [2.24, 2.45) is 0 Å². The van der Waals surface area contributed by atoms with E-state index in [1.807, 2.05) is 36.4 Å². The van der Waals surface area contributed by atoms with E-state index in [0.29, 0.717) is 12.3 Å². The second-order valence-electron chi connectivity index (χ2n) is 8.07. The molecule has 2 atom stereocenters. The van der Waals surface area contributed by atoms with Gasteiger partial charge in [-0.05, 0) is 42.7 Å². The van der Waals surface area contributed by atoms with Gasteiger partial charge < -0.3 is 9.84 Å². The number of esters is 1. The third-order valence-corrected chi connectivity index (χ3v) is 5.72. The summed E-state index contributed by atoms with van der Waals surface area (Å²) in [7, 11) is 0. The van der Waals surface area contributed by atoms with E-state index in [2.05, 4.69) is 0 Å². The van der Waals surface area contributed by atoms with Crippen LogP contribution in [0.25, 0.3) is 28.1 Å². The Hall–Kier alpha value is -3.05. The van der Waals surface area contributed by atoms with E-state index in [-0.39, 0.29) is 18.2 Å². The summed E-state index contributed by atoms with van der Waals surface area (Å²) in [4.78, 5) is 16.7. The minimum atomic E-state index is -0.685. The Morgan fingerprint density at radius 3 is 2.60 bits per heavy atom. The van der Waals surface area contributed by atoms with Crippen molar-refractivity contribution in [3.63, 3.8) is 0 Å². The van der Waals surface area contributed by atoms with Gasteiger partial charge in [0.15, 0.2) is 0 Å². The Morgan fingerprint density at radius 1 is 1.10 bits per heavy atom. The molecule has 30 heavy (non-hydrogen) atoms. The lowest BCUT2D eigenvalue weighted by molar-refractivity contribution is -0.156. The quantitative estimate of drug-likeness (QED) is 0.623. The summed E-state index contributed by atoms with van der Waals surface area (Å²) in [6, 6.07) is 14.5. The van der Waals surface area contributed by atoms with Gasteiger partial charge in [-0.3, -0.25) is 9.78 Å². The number of ether oxygens (including phenoxy) is 1. The first-order chi connectivity index (χ1) is 14.6. The van der Waals surface area contributed by atoms with Gasteiger partial charge in [0.1, 0.15) is 11.9 Å². The summed E-state index contributed by atoms with van der Waals surface area (Å²) in [6.45, 7) is 0. The summed E-state index contributed by atoms with van der Waals surface area (Å²) in [6.07, 6.45) is 5.24. The average molecular weight is 403 g/mol. The highest BCUT2D eigenvalue weighted by atomic mass is 19.1. The zero-order chi connectivity index (χ0) is 20.7. The number of cyclic esters (lactones) is 1. The molecule has 2 aromatic carbocycles. The third-order valence-electron chi connectivity index (χ3n) is 5.72. The van der Waals surface area contributed by atoms with Gasteiger partial charge in [0.2, 0.25) is 0 Å². The number of aromatic nitrogens is 1. The van der Waals surface area contributed by atoms with Crippen molar-refractivity contribution in [2.45, 2.75) is 43.8 Å². The Kier molecular flexibility index (Phi) is 4.83. The second kappa shape index (κ2) is 7.65. The molecule has 0 amide bonds. The molecule has 5 heteroatoms. The number of benzene rings is 2. The number of aliphatic hydroxyl groups is 1. The molecular weight excluding hydrogens is 381 g/mol. The van der Waals surface area contributed by atoms with E-state index >= 15 is 0 Å². The van der Waals surface area contributed by atoms with Crippen LogP contribution in [-0.2, 0) is 9.53 Å². The van der Waals surface area contributed by atoms with Crippen LogP contribution in [0.3, 0.4) is 0 Å². The highest BCUT2D eigenvalue weighted by Gasteiger charge is 2.30. The number of fused-ring (bicyclic) bond motifs is 1. The van der Waals surface area contributed by atoms with Crippen molar-refractivity contribution in [2.75, 3.05) is 0 Å². The van der Waals surface area contributed by atoms with Crippen LogP contribution in [0.2, 0.25) is 0 Å². The molecule has 1 N–H and O–H groups in total. The van der Waals surface area contributed by atoms with E-state index in [4.69, 9.17) is 9.72 Å². The maximum atomic E-state index is 13.6. The molecular formula is C25H22FNO3. The summed E-state index contributed by atoms with van der Waals surface area (Å²) >= 11 is 0. The first-order valence-electron chi connectivity index (χ1n) is 10.3. The number of carbonyl (C=O) groups is 1. The molecule has 4 nitrogen and oxygen atoms in total. The van der Waals surface area contributed by atoms with Crippen LogP contribution in [-0.4, -0.2) is 28.3 Å². The molecule has 1 saturated heterocycles. The SMILES string of the molecule is O=C1C[C@@H](O)C[C@H](C=Cc2c(C3CC3)nc3ccccc3c2-c2ccc(F)cc2)O1. The Balaban J connectivity index is 1.68. The van der Waals surface area contributed by atoms with Crippen molar-refractivity contribution >= 4 is 22.9 Å². The van der Waals surface area contributed by atoms with Gasteiger partial charge in [-0.2, -0.15) is 0 Å². The van der Waals surface area contributed by atoms with Crippen LogP contribution in [0.15, 0.2) is 54.6 Å². The predicted molar refractivity (Wildman–Crippen MR) is 113 cm³/mol. The lowest BCUT2D eigenvalue weighted by atomic mass is 9.92. The molecule has 2 aliphatic rings. The molecule has 0 unspecified atom stereocenters. The van der Waals surface area contributed by atoms with E-state index < -0.39 is 12.2 Å². The highest BCUT2D eigenvalue weighted by Crippen LogP contribution is 2.45. The number of halogens is 1. The van der Waals surface area contributed by atoms with Crippen molar-refractivity contribution in [3.05, 3.63) is 71.7 Å². The summed E-state index contributed by atoms with van der Waals surface area (Å²) in [5.41, 5.74) is 4.82. The summed E-state index contributed by atoms with van der Waals surface area (Å²) < 4.78 is 19.0. The summed E-state index contributed by atoms with van der Waals surface area (Å²) in [5, 5.41) is 10.9. The lowest BCUT2D eigenvalue weighted by Gasteiger charge is -2.23. The topological polar surface area (TPSA) is 59.4 Å². The highest BCUT2D eigenvalue weighted by molar-refractivity contribution is 5.99. The predicted octanol–water partition coefficient (Wildman–Crippen LogP) is 5.00. The molecule has 0 bridgehead atoms. The Morgan fingerprint density at radius 2 is 1.87 bits per heavy atom. The Labute approximate surface area is 174 Å². The number of carbonyl (C=O) groups excluding carboxylic acids is 1. The van der Waals surface area contributed by atoms with E-state index in [1.54, 1.807) is 12.1 Å². The zero-order valence-electron chi connectivity index (χ0n) is 16.4. The zero-order valence-corrected chi connectivity index (χ0v) is 16.4. The fraction of sp³-hybridized carbons (Fsp3) is 0.280. The third kappa shape index (κ3) is 3.73. The van der Waals surface area contributed by atoms with Crippen LogP contribution in [0, 0.1) is 5.82 Å². The van der Waals surface area contributed by atoms with E-state index in [0.717, 1.165) is 46.1 Å². The van der Waals surface area contributed by atoms with Gasteiger partial charge in [0.05, 0.1) is 23.7 Å². The number of para-hydroxylation sites is 1.